The standard InChI is InChI=1S/C10H22N2/c1-8(2)9(3)7-12(4)10-5-11-6-10/h8-11H,5-7H2,1-4H3. The first kappa shape index (κ1) is 10.0. The third kappa shape index (κ3) is 2.46. The van der Waals surface area contributed by atoms with E-state index in [9.17, 15) is 0 Å². The lowest BCUT2D eigenvalue weighted by atomic mass is 9.96. The second-order valence-electron chi connectivity index (χ2n) is 4.47. The smallest absolute Gasteiger partial charge is 0.0342 e. The average molecular weight is 170 g/mol. The van der Waals surface area contributed by atoms with Crippen LogP contribution in [0.1, 0.15) is 20.8 Å². The van der Waals surface area contributed by atoms with E-state index < -0.39 is 0 Å². The summed E-state index contributed by atoms with van der Waals surface area (Å²) >= 11 is 0. The summed E-state index contributed by atoms with van der Waals surface area (Å²) in [6.07, 6.45) is 0. The van der Waals surface area contributed by atoms with E-state index in [1.54, 1.807) is 0 Å². The summed E-state index contributed by atoms with van der Waals surface area (Å²) in [6, 6.07) is 0.797. The predicted octanol–water partition coefficient (Wildman–Crippen LogP) is 1.18. The third-order valence-corrected chi connectivity index (χ3v) is 3.10. The minimum Gasteiger partial charge on any atom is -0.314 e. The predicted molar refractivity (Wildman–Crippen MR) is 53.3 cm³/mol. The van der Waals surface area contributed by atoms with Crippen molar-refractivity contribution in [3.05, 3.63) is 0 Å². The molecule has 0 aromatic rings. The molecule has 1 atom stereocenters. The topological polar surface area (TPSA) is 15.3 Å². The second kappa shape index (κ2) is 4.24. The average Bonchev–Trinajstić information content (AvgIpc) is 1.82. The molecule has 1 aliphatic rings. The van der Waals surface area contributed by atoms with Crippen molar-refractivity contribution < 1.29 is 0 Å². The van der Waals surface area contributed by atoms with Gasteiger partial charge in [-0.2, -0.15) is 0 Å². The van der Waals surface area contributed by atoms with Gasteiger partial charge in [0.1, 0.15) is 0 Å². The number of nitrogens with one attached hydrogen (secondary N) is 1. The van der Waals surface area contributed by atoms with E-state index in [0.29, 0.717) is 0 Å². The molecule has 0 aromatic carbocycles. The zero-order valence-corrected chi connectivity index (χ0v) is 8.80. The van der Waals surface area contributed by atoms with Gasteiger partial charge in [0.2, 0.25) is 0 Å². The van der Waals surface area contributed by atoms with Crippen LogP contribution in [-0.2, 0) is 0 Å². The highest BCUT2D eigenvalue weighted by atomic mass is 15.2. The maximum atomic E-state index is 3.30. The maximum absolute atomic E-state index is 3.30. The molecular formula is C10H22N2. The fraction of sp³-hybridized carbons (Fsp3) is 1.00. The van der Waals surface area contributed by atoms with Gasteiger partial charge in [-0.3, -0.25) is 0 Å². The summed E-state index contributed by atoms with van der Waals surface area (Å²) in [5.41, 5.74) is 0. The van der Waals surface area contributed by atoms with Crippen LogP contribution in [0.15, 0.2) is 0 Å². The van der Waals surface area contributed by atoms with E-state index in [-0.39, 0.29) is 0 Å². The summed E-state index contributed by atoms with van der Waals surface area (Å²) in [5, 5.41) is 3.30. The van der Waals surface area contributed by atoms with Gasteiger partial charge in [0.05, 0.1) is 0 Å². The van der Waals surface area contributed by atoms with Crippen molar-refractivity contribution in [2.45, 2.75) is 26.8 Å². The van der Waals surface area contributed by atoms with Gasteiger partial charge in [-0.1, -0.05) is 20.8 Å². The van der Waals surface area contributed by atoms with Gasteiger partial charge in [0.25, 0.3) is 0 Å². The Labute approximate surface area is 76.3 Å². The number of hydrogen-bond donors (Lipinski definition) is 1. The molecule has 2 heteroatoms. The van der Waals surface area contributed by atoms with Crippen LogP contribution in [-0.4, -0.2) is 37.6 Å². The highest BCUT2D eigenvalue weighted by molar-refractivity contribution is 4.83. The van der Waals surface area contributed by atoms with Crippen molar-refractivity contribution in [3.8, 4) is 0 Å². The molecule has 1 unspecified atom stereocenters. The first-order valence-electron chi connectivity index (χ1n) is 5.02. The molecule has 0 amide bonds. The highest BCUT2D eigenvalue weighted by Gasteiger charge is 2.22. The molecule has 72 valence electrons. The molecule has 1 aliphatic heterocycles. The van der Waals surface area contributed by atoms with Crippen LogP contribution < -0.4 is 5.32 Å². The maximum Gasteiger partial charge on any atom is 0.0342 e. The van der Waals surface area contributed by atoms with Crippen LogP contribution in [0.3, 0.4) is 0 Å². The van der Waals surface area contributed by atoms with Crippen LogP contribution in [0.25, 0.3) is 0 Å². The number of likely N-dealkylation sites (N-methyl/N-ethyl adjacent to an activating group) is 1. The lowest BCUT2D eigenvalue weighted by Crippen LogP contribution is -2.56. The first-order chi connectivity index (χ1) is 5.61. The third-order valence-electron chi connectivity index (χ3n) is 3.10. The van der Waals surface area contributed by atoms with Gasteiger partial charge in [-0.05, 0) is 18.9 Å². The second-order valence-corrected chi connectivity index (χ2v) is 4.47. The van der Waals surface area contributed by atoms with Crippen molar-refractivity contribution >= 4 is 0 Å². The quantitative estimate of drug-likeness (QED) is 0.681. The molecule has 1 N–H and O–H groups in total. The highest BCUT2D eigenvalue weighted by Crippen LogP contribution is 2.13. The first-order valence-corrected chi connectivity index (χ1v) is 5.02. The molecule has 0 aliphatic carbocycles. The van der Waals surface area contributed by atoms with Crippen LogP contribution in [0.4, 0.5) is 0 Å². The normalized spacial score (nSPS) is 21.5. The van der Waals surface area contributed by atoms with Crippen molar-refractivity contribution in [1.82, 2.24) is 10.2 Å². The van der Waals surface area contributed by atoms with E-state index in [1.165, 1.54) is 19.6 Å². The van der Waals surface area contributed by atoms with Gasteiger partial charge in [0.15, 0.2) is 0 Å². The monoisotopic (exact) mass is 170 g/mol. The Kier molecular flexibility index (Phi) is 3.53. The molecule has 12 heavy (non-hydrogen) atoms. The Morgan fingerprint density at radius 3 is 2.25 bits per heavy atom. The van der Waals surface area contributed by atoms with Crippen molar-refractivity contribution in [1.29, 1.82) is 0 Å². The Morgan fingerprint density at radius 2 is 1.92 bits per heavy atom. The molecule has 0 aromatic heterocycles. The van der Waals surface area contributed by atoms with Crippen LogP contribution >= 0.6 is 0 Å². The summed E-state index contributed by atoms with van der Waals surface area (Å²) in [4.78, 5) is 2.49. The van der Waals surface area contributed by atoms with Gasteiger partial charge in [-0.15, -0.1) is 0 Å². The fourth-order valence-electron chi connectivity index (χ4n) is 1.40. The molecule has 1 fully saturated rings. The van der Waals surface area contributed by atoms with Crippen molar-refractivity contribution in [2.75, 3.05) is 26.7 Å². The van der Waals surface area contributed by atoms with Gasteiger partial charge < -0.3 is 10.2 Å². The molecule has 1 rings (SSSR count). The van der Waals surface area contributed by atoms with Crippen LogP contribution in [0.5, 0.6) is 0 Å². The zero-order chi connectivity index (χ0) is 9.14. The summed E-state index contributed by atoms with van der Waals surface area (Å²) < 4.78 is 0. The van der Waals surface area contributed by atoms with E-state index in [4.69, 9.17) is 0 Å². The summed E-state index contributed by atoms with van der Waals surface area (Å²) in [6.45, 7) is 10.6. The van der Waals surface area contributed by atoms with Gasteiger partial charge in [-0.25, -0.2) is 0 Å². The van der Waals surface area contributed by atoms with Crippen LogP contribution in [0, 0.1) is 11.8 Å². The molecule has 1 saturated heterocycles. The van der Waals surface area contributed by atoms with Gasteiger partial charge in [0, 0.05) is 25.7 Å². The Morgan fingerprint density at radius 1 is 1.33 bits per heavy atom. The minimum atomic E-state index is 0.797. The number of hydrogen-bond acceptors (Lipinski definition) is 2. The number of nitrogens with zero attached hydrogens (tertiary/aromatic N) is 1. The SMILES string of the molecule is CC(C)C(C)CN(C)C1CNC1. The Balaban J connectivity index is 2.20. The zero-order valence-electron chi connectivity index (χ0n) is 8.80. The van der Waals surface area contributed by atoms with Gasteiger partial charge >= 0.3 is 0 Å². The molecule has 0 spiro atoms. The van der Waals surface area contributed by atoms with E-state index in [1.807, 2.05) is 0 Å². The van der Waals surface area contributed by atoms with Crippen LogP contribution in [0.2, 0.25) is 0 Å². The molecule has 0 bridgehead atoms. The largest absolute Gasteiger partial charge is 0.314 e. The molecule has 0 saturated carbocycles. The Hall–Kier alpha value is -0.0800. The molecule has 2 nitrogen and oxygen atoms in total. The number of rotatable bonds is 4. The lowest BCUT2D eigenvalue weighted by Gasteiger charge is -2.37. The molecule has 1 heterocycles. The summed E-state index contributed by atoms with van der Waals surface area (Å²) in [5.74, 6) is 1.62. The van der Waals surface area contributed by atoms with Crippen molar-refractivity contribution in [2.24, 2.45) is 11.8 Å². The molecule has 0 radical (unpaired) electrons. The Bertz CT molecular complexity index is 130. The van der Waals surface area contributed by atoms with Crippen molar-refractivity contribution in [3.63, 3.8) is 0 Å². The lowest BCUT2D eigenvalue weighted by molar-refractivity contribution is 0.147. The fourth-order valence-corrected chi connectivity index (χ4v) is 1.40. The minimum absolute atomic E-state index is 0.797. The van der Waals surface area contributed by atoms with E-state index >= 15 is 0 Å². The van der Waals surface area contributed by atoms with E-state index in [0.717, 1.165) is 17.9 Å². The summed E-state index contributed by atoms with van der Waals surface area (Å²) in [7, 11) is 2.24. The molecular weight excluding hydrogens is 148 g/mol. The van der Waals surface area contributed by atoms with E-state index in [2.05, 4.69) is 38.0 Å².